The Morgan fingerprint density at radius 2 is 1.31 bits per heavy atom. The standard InChI is InChI=1S/C21H34N4O4/c22-18(26)13-4-1-6-15(10-13)20(28)24-12-17-8-3-9-25(17)21(29)16-7-2-5-14(11-16)19(23)27/h13-17H,1-12H2,(H2,22,26)(H2,23,27)(H,24,28)/t13?,14?,15?,16?,17-/m1/s1. The number of carbonyl (C=O) groups is 4. The van der Waals surface area contributed by atoms with Crippen LogP contribution < -0.4 is 16.8 Å². The first kappa shape index (κ1) is 21.6. The topological polar surface area (TPSA) is 136 Å². The van der Waals surface area contributed by atoms with Gasteiger partial charge in [-0.25, -0.2) is 0 Å². The second-order valence-electron chi connectivity index (χ2n) is 9.00. The molecule has 4 amide bonds. The van der Waals surface area contributed by atoms with Crippen LogP contribution in [-0.4, -0.2) is 47.7 Å². The lowest BCUT2D eigenvalue weighted by Crippen LogP contribution is -2.47. The molecule has 2 saturated carbocycles. The highest BCUT2D eigenvalue weighted by Crippen LogP contribution is 2.32. The van der Waals surface area contributed by atoms with Crippen molar-refractivity contribution in [3.63, 3.8) is 0 Å². The quantitative estimate of drug-likeness (QED) is 0.597. The molecule has 1 saturated heterocycles. The summed E-state index contributed by atoms with van der Waals surface area (Å²) in [7, 11) is 0. The Kier molecular flexibility index (Phi) is 7.14. The molecule has 2 aliphatic carbocycles. The maximum Gasteiger partial charge on any atom is 0.226 e. The molecule has 0 bridgehead atoms. The van der Waals surface area contributed by atoms with Crippen LogP contribution in [0.25, 0.3) is 0 Å². The van der Waals surface area contributed by atoms with E-state index in [9.17, 15) is 19.2 Å². The highest BCUT2D eigenvalue weighted by Gasteiger charge is 2.37. The Morgan fingerprint density at radius 1 is 0.759 bits per heavy atom. The molecule has 8 nitrogen and oxygen atoms in total. The molecule has 162 valence electrons. The predicted molar refractivity (Wildman–Crippen MR) is 107 cm³/mol. The second kappa shape index (κ2) is 9.59. The SMILES string of the molecule is NC(=O)C1CCCC(C(=O)NC[C@H]2CCCN2C(=O)C2CCCC(C(N)=O)C2)C1. The largest absolute Gasteiger partial charge is 0.369 e. The van der Waals surface area contributed by atoms with Crippen molar-refractivity contribution in [2.45, 2.75) is 70.3 Å². The van der Waals surface area contributed by atoms with E-state index >= 15 is 0 Å². The van der Waals surface area contributed by atoms with E-state index in [0.29, 0.717) is 25.9 Å². The fourth-order valence-corrected chi connectivity index (χ4v) is 5.29. The van der Waals surface area contributed by atoms with E-state index in [4.69, 9.17) is 11.5 Å². The van der Waals surface area contributed by atoms with Gasteiger partial charge in [-0.2, -0.15) is 0 Å². The predicted octanol–water partition coefficient (Wildman–Crippen LogP) is 0.677. The van der Waals surface area contributed by atoms with Gasteiger partial charge in [-0.05, 0) is 51.4 Å². The molecule has 4 unspecified atom stereocenters. The van der Waals surface area contributed by atoms with Crippen LogP contribution in [0.3, 0.4) is 0 Å². The van der Waals surface area contributed by atoms with Gasteiger partial charge >= 0.3 is 0 Å². The monoisotopic (exact) mass is 406 g/mol. The summed E-state index contributed by atoms with van der Waals surface area (Å²) in [6, 6.07) is -0.00377. The minimum Gasteiger partial charge on any atom is -0.369 e. The van der Waals surface area contributed by atoms with Crippen molar-refractivity contribution in [3.05, 3.63) is 0 Å². The Bertz CT molecular complexity index is 653. The summed E-state index contributed by atoms with van der Waals surface area (Å²) in [6.45, 7) is 1.14. The lowest BCUT2D eigenvalue weighted by Gasteiger charge is -2.33. The number of nitrogens with zero attached hydrogens (tertiary/aromatic N) is 1. The highest BCUT2D eigenvalue weighted by atomic mass is 16.2. The van der Waals surface area contributed by atoms with Crippen molar-refractivity contribution in [2.24, 2.45) is 35.1 Å². The third kappa shape index (κ3) is 5.28. The molecule has 8 heteroatoms. The zero-order valence-electron chi connectivity index (χ0n) is 17.1. The summed E-state index contributed by atoms with van der Waals surface area (Å²) in [6.07, 6.45) is 7.64. The van der Waals surface area contributed by atoms with Gasteiger partial charge in [0.1, 0.15) is 0 Å². The van der Waals surface area contributed by atoms with Crippen molar-refractivity contribution in [1.82, 2.24) is 10.2 Å². The molecule has 1 aliphatic heterocycles. The van der Waals surface area contributed by atoms with E-state index in [1.165, 1.54) is 0 Å². The Morgan fingerprint density at radius 3 is 1.93 bits per heavy atom. The molecule has 1 heterocycles. The van der Waals surface area contributed by atoms with Gasteiger partial charge in [0.2, 0.25) is 23.6 Å². The molecule has 0 spiro atoms. The number of amides is 4. The van der Waals surface area contributed by atoms with Gasteiger partial charge in [0.15, 0.2) is 0 Å². The van der Waals surface area contributed by atoms with E-state index in [-0.39, 0.29) is 53.3 Å². The molecular weight excluding hydrogens is 372 g/mol. The third-order valence-corrected chi connectivity index (χ3v) is 7.05. The molecule has 5 atom stereocenters. The molecule has 0 aromatic heterocycles. The number of hydrogen-bond acceptors (Lipinski definition) is 4. The van der Waals surface area contributed by atoms with Crippen LogP contribution in [0.1, 0.15) is 64.2 Å². The Hall–Kier alpha value is -2.12. The van der Waals surface area contributed by atoms with Crippen LogP contribution in [0.15, 0.2) is 0 Å². The van der Waals surface area contributed by atoms with Crippen molar-refractivity contribution in [3.8, 4) is 0 Å². The van der Waals surface area contributed by atoms with Gasteiger partial charge in [-0.1, -0.05) is 12.8 Å². The van der Waals surface area contributed by atoms with Gasteiger partial charge in [-0.15, -0.1) is 0 Å². The molecule has 3 rings (SSSR count). The summed E-state index contributed by atoms with van der Waals surface area (Å²) in [5.41, 5.74) is 10.9. The first-order chi connectivity index (χ1) is 13.9. The summed E-state index contributed by atoms with van der Waals surface area (Å²) in [5, 5.41) is 3.01. The van der Waals surface area contributed by atoms with Crippen LogP contribution in [-0.2, 0) is 19.2 Å². The fourth-order valence-electron chi connectivity index (χ4n) is 5.29. The van der Waals surface area contributed by atoms with Crippen molar-refractivity contribution >= 4 is 23.6 Å². The maximum absolute atomic E-state index is 13.1. The zero-order valence-corrected chi connectivity index (χ0v) is 17.1. The van der Waals surface area contributed by atoms with Crippen LogP contribution in [0.2, 0.25) is 0 Å². The van der Waals surface area contributed by atoms with E-state index < -0.39 is 0 Å². The molecule has 29 heavy (non-hydrogen) atoms. The number of rotatable bonds is 6. The van der Waals surface area contributed by atoms with Crippen molar-refractivity contribution < 1.29 is 19.2 Å². The van der Waals surface area contributed by atoms with Gasteiger partial charge < -0.3 is 21.7 Å². The smallest absolute Gasteiger partial charge is 0.226 e. The Labute approximate surface area is 172 Å². The summed E-state index contributed by atoms with van der Waals surface area (Å²) >= 11 is 0. The fraction of sp³-hybridized carbons (Fsp3) is 0.810. The normalized spacial score (nSPS) is 32.6. The lowest BCUT2D eigenvalue weighted by atomic mass is 9.80. The highest BCUT2D eigenvalue weighted by molar-refractivity contribution is 5.83. The Balaban J connectivity index is 1.51. The third-order valence-electron chi connectivity index (χ3n) is 7.05. The molecule has 3 aliphatic rings. The van der Waals surface area contributed by atoms with Crippen molar-refractivity contribution in [1.29, 1.82) is 0 Å². The molecular formula is C21H34N4O4. The first-order valence-corrected chi connectivity index (χ1v) is 11.0. The zero-order chi connectivity index (χ0) is 21.0. The molecule has 0 radical (unpaired) electrons. The average Bonchev–Trinajstić information content (AvgIpc) is 3.20. The maximum atomic E-state index is 13.1. The number of carbonyl (C=O) groups excluding carboxylic acids is 4. The summed E-state index contributed by atoms with van der Waals surface area (Å²) in [5.74, 6) is -1.32. The van der Waals surface area contributed by atoms with Gasteiger partial charge in [0.25, 0.3) is 0 Å². The van der Waals surface area contributed by atoms with E-state index in [2.05, 4.69) is 5.32 Å². The minimum atomic E-state index is -0.322. The van der Waals surface area contributed by atoms with Crippen LogP contribution >= 0.6 is 0 Å². The van der Waals surface area contributed by atoms with E-state index in [1.807, 2.05) is 4.90 Å². The summed E-state index contributed by atoms with van der Waals surface area (Å²) < 4.78 is 0. The molecule has 5 N–H and O–H groups in total. The number of likely N-dealkylation sites (tertiary alicyclic amines) is 1. The van der Waals surface area contributed by atoms with Crippen LogP contribution in [0.4, 0.5) is 0 Å². The minimum absolute atomic E-state index is 0.00377. The number of nitrogens with two attached hydrogens (primary N) is 2. The number of primary amides is 2. The van der Waals surface area contributed by atoms with Gasteiger partial charge in [-0.3, -0.25) is 19.2 Å². The van der Waals surface area contributed by atoms with E-state index in [1.54, 1.807) is 0 Å². The molecule has 3 fully saturated rings. The van der Waals surface area contributed by atoms with Crippen LogP contribution in [0.5, 0.6) is 0 Å². The average molecular weight is 407 g/mol. The van der Waals surface area contributed by atoms with Crippen LogP contribution in [0, 0.1) is 23.7 Å². The van der Waals surface area contributed by atoms with Gasteiger partial charge in [0.05, 0.1) is 0 Å². The molecule has 0 aromatic rings. The van der Waals surface area contributed by atoms with Crippen molar-refractivity contribution in [2.75, 3.05) is 13.1 Å². The number of nitrogens with one attached hydrogen (secondary N) is 1. The summed E-state index contributed by atoms with van der Waals surface area (Å²) in [4.78, 5) is 50.5. The second-order valence-corrected chi connectivity index (χ2v) is 9.00. The molecule has 0 aromatic carbocycles. The number of hydrogen-bond donors (Lipinski definition) is 3. The van der Waals surface area contributed by atoms with E-state index in [0.717, 1.165) is 51.4 Å². The first-order valence-electron chi connectivity index (χ1n) is 11.0. The lowest BCUT2D eigenvalue weighted by molar-refractivity contribution is -0.139. The van der Waals surface area contributed by atoms with Gasteiger partial charge in [0, 0.05) is 42.8 Å².